The highest BCUT2D eigenvalue weighted by atomic mass is 79.9. The summed E-state index contributed by atoms with van der Waals surface area (Å²) in [5.41, 5.74) is -1.06. The van der Waals surface area contributed by atoms with Crippen LogP contribution in [0.3, 0.4) is 0 Å². The number of carbonyl (C=O) groups excluding carboxylic acids is 1. The van der Waals surface area contributed by atoms with Crippen LogP contribution in [0.25, 0.3) is 0 Å². The molecule has 0 amide bonds. The maximum Gasteiger partial charge on any atom is 0.281 e. The van der Waals surface area contributed by atoms with Gasteiger partial charge in [0.25, 0.3) is 6.43 Å². The maximum atomic E-state index is 12.7. The Balaban J connectivity index is 3.28. The standard InChI is InChI=1S/C7H3BrF3NO/c8-4-1-3(2-13)7(11)12-5(4)6(9)10/h1-2,6H. The molecule has 0 spiro atoms. The SMILES string of the molecule is O=Cc1cc(Br)c(C(F)F)nc1F. The molecule has 1 aromatic rings. The van der Waals surface area contributed by atoms with E-state index in [0.29, 0.717) is 0 Å². The number of aldehydes is 1. The molecule has 13 heavy (non-hydrogen) atoms. The van der Waals surface area contributed by atoms with Gasteiger partial charge in [-0.2, -0.15) is 4.39 Å². The minimum Gasteiger partial charge on any atom is -0.298 e. The zero-order valence-electron chi connectivity index (χ0n) is 6.10. The van der Waals surface area contributed by atoms with Crippen LogP contribution in [-0.4, -0.2) is 11.3 Å². The summed E-state index contributed by atoms with van der Waals surface area (Å²) >= 11 is 2.75. The predicted molar refractivity (Wildman–Crippen MR) is 42.2 cm³/mol. The van der Waals surface area contributed by atoms with Crippen molar-refractivity contribution in [2.24, 2.45) is 0 Å². The molecule has 0 unspecified atom stereocenters. The molecule has 2 nitrogen and oxygen atoms in total. The quantitative estimate of drug-likeness (QED) is 0.600. The Morgan fingerprint density at radius 2 is 2.15 bits per heavy atom. The fraction of sp³-hybridized carbons (Fsp3) is 0.143. The van der Waals surface area contributed by atoms with Crippen molar-refractivity contribution in [1.82, 2.24) is 4.98 Å². The average Bonchev–Trinajstić information content (AvgIpc) is 2.07. The van der Waals surface area contributed by atoms with Crippen LogP contribution >= 0.6 is 15.9 Å². The lowest BCUT2D eigenvalue weighted by Gasteiger charge is -2.02. The van der Waals surface area contributed by atoms with Crippen molar-refractivity contribution in [3.63, 3.8) is 0 Å². The molecule has 70 valence electrons. The molecule has 0 bridgehead atoms. The molecule has 0 aliphatic rings. The minimum absolute atomic E-state index is 0.0778. The first-order chi connectivity index (χ1) is 6.06. The lowest BCUT2D eigenvalue weighted by Crippen LogP contribution is -1.99. The van der Waals surface area contributed by atoms with Crippen LogP contribution < -0.4 is 0 Å². The fourth-order valence-corrected chi connectivity index (χ4v) is 1.24. The van der Waals surface area contributed by atoms with E-state index in [-0.39, 0.29) is 16.3 Å². The largest absolute Gasteiger partial charge is 0.298 e. The van der Waals surface area contributed by atoms with E-state index in [1.165, 1.54) is 0 Å². The van der Waals surface area contributed by atoms with Crippen LogP contribution in [0.2, 0.25) is 0 Å². The minimum atomic E-state index is -2.87. The van der Waals surface area contributed by atoms with Gasteiger partial charge in [0.2, 0.25) is 5.95 Å². The number of alkyl halides is 2. The first kappa shape index (κ1) is 10.2. The molecule has 0 aliphatic carbocycles. The van der Waals surface area contributed by atoms with E-state index in [1.54, 1.807) is 0 Å². The second kappa shape index (κ2) is 3.87. The molecular formula is C7H3BrF3NO. The zero-order chi connectivity index (χ0) is 10.0. The molecule has 6 heteroatoms. The highest BCUT2D eigenvalue weighted by molar-refractivity contribution is 9.10. The van der Waals surface area contributed by atoms with E-state index in [0.717, 1.165) is 6.07 Å². The van der Waals surface area contributed by atoms with Gasteiger partial charge < -0.3 is 0 Å². The molecule has 0 atom stereocenters. The zero-order valence-corrected chi connectivity index (χ0v) is 7.69. The van der Waals surface area contributed by atoms with Crippen LogP contribution in [0.4, 0.5) is 13.2 Å². The van der Waals surface area contributed by atoms with E-state index in [4.69, 9.17) is 0 Å². The summed E-state index contributed by atoms with van der Waals surface area (Å²) in [5.74, 6) is -1.19. The monoisotopic (exact) mass is 253 g/mol. The molecular weight excluding hydrogens is 251 g/mol. The number of nitrogens with zero attached hydrogens (tertiary/aromatic N) is 1. The highest BCUT2D eigenvalue weighted by Crippen LogP contribution is 2.26. The van der Waals surface area contributed by atoms with Crippen molar-refractivity contribution in [2.75, 3.05) is 0 Å². The fourth-order valence-electron chi connectivity index (χ4n) is 0.729. The van der Waals surface area contributed by atoms with Crippen molar-refractivity contribution in [3.8, 4) is 0 Å². The normalized spacial score (nSPS) is 10.5. The Kier molecular flexibility index (Phi) is 3.02. The third-order valence-electron chi connectivity index (χ3n) is 1.32. The van der Waals surface area contributed by atoms with E-state index in [1.807, 2.05) is 0 Å². The van der Waals surface area contributed by atoms with Gasteiger partial charge >= 0.3 is 0 Å². The van der Waals surface area contributed by atoms with Crippen molar-refractivity contribution < 1.29 is 18.0 Å². The van der Waals surface area contributed by atoms with E-state index in [9.17, 15) is 18.0 Å². The Hall–Kier alpha value is -0.910. The maximum absolute atomic E-state index is 12.7. The van der Waals surface area contributed by atoms with Gasteiger partial charge in [-0.15, -0.1) is 0 Å². The summed E-state index contributed by atoms with van der Waals surface area (Å²) < 4.78 is 36.8. The third kappa shape index (κ3) is 2.06. The number of carbonyl (C=O) groups is 1. The van der Waals surface area contributed by atoms with Crippen LogP contribution in [-0.2, 0) is 0 Å². The van der Waals surface area contributed by atoms with Crippen LogP contribution in [0.1, 0.15) is 22.5 Å². The van der Waals surface area contributed by atoms with E-state index in [2.05, 4.69) is 20.9 Å². The van der Waals surface area contributed by atoms with Crippen LogP contribution in [0.5, 0.6) is 0 Å². The molecule has 0 saturated heterocycles. The average molecular weight is 254 g/mol. The van der Waals surface area contributed by atoms with Crippen LogP contribution in [0, 0.1) is 5.95 Å². The molecule has 0 fully saturated rings. The third-order valence-corrected chi connectivity index (χ3v) is 1.95. The number of halogens is 4. The lowest BCUT2D eigenvalue weighted by atomic mass is 10.2. The highest BCUT2D eigenvalue weighted by Gasteiger charge is 2.16. The smallest absolute Gasteiger partial charge is 0.281 e. The first-order valence-corrected chi connectivity index (χ1v) is 3.95. The predicted octanol–water partition coefficient (Wildman–Crippen LogP) is 2.73. The van der Waals surface area contributed by atoms with Crippen molar-refractivity contribution >= 4 is 22.2 Å². The van der Waals surface area contributed by atoms with Crippen molar-refractivity contribution in [1.29, 1.82) is 0 Å². The number of hydrogen-bond acceptors (Lipinski definition) is 2. The summed E-state index contributed by atoms with van der Waals surface area (Å²) in [6.07, 6.45) is -2.66. The van der Waals surface area contributed by atoms with Gasteiger partial charge in [-0.25, -0.2) is 13.8 Å². The second-order valence-electron chi connectivity index (χ2n) is 2.15. The summed E-state index contributed by atoms with van der Waals surface area (Å²) in [4.78, 5) is 13.1. The molecule has 0 N–H and O–H groups in total. The van der Waals surface area contributed by atoms with Gasteiger partial charge in [0, 0.05) is 4.47 Å². The molecule has 1 aromatic heterocycles. The summed E-state index contributed by atoms with van der Waals surface area (Å²) in [6, 6.07) is 0.969. The molecule has 0 saturated carbocycles. The van der Waals surface area contributed by atoms with Gasteiger partial charge in [0.05, 0.1) is 5.56 Å². The number of hydrogen-bond donors (Lipinski definition) is 0. The molecule has 1 rings (SSSR count). The summed E-state index contributed by atoms with van der Waals surface area (Å²) in [7, 11) is 0. The van der Waals surface area contributed by atoms with Gasteiger partial charge in [-0.1, -0.05) is 0 Å². The Labute approximate surface area is 79.9 Å². The van der Waals surface area contributed by atoms with Crippen LogP contribution in [0.15, 0.2) is 10.5 Å². The molecule has 0 aliphatic heterocycles. The van der Waals surface area contributed by atoms with Crippen molar-refractivity contribution in [2.45, 2.75) is 6.43 Å². The summed E-state index contributed by atoms with van der Waals surface area (Å²) in [6.45, 7) is 0. The topological polar surface area (TPSA) is 30.0 Å². The van der Waals surface area contributed by atoms with Gasteiger partial charge in [-0.3, -0.25) is 4.79 Å². The number of aromatic nitrogens is 1. The second-order valence-corrected chi connectivity index (χ2v) is 3.01. The number of pyridine rings is 1. The number of rotatable bonds is 2. The molecule has 0 aromatic carbocycles. The van der Waals surface area contributed by atoms with E-state index < -0.39 is 18.1 Å². The summed E-state index contributed by atoms with van der Waals surface area (Å²) in [5, 5.41) is 0. The first-order valence-electron chi connectivity index (χ1n) is 3.15. The Bertz CT molecular complexity index is 343. The van der Waals surface area contributed by atoms with E-state index >= 15 is 0 Å². The van der Waals surface area contributed by atoms with Gasteiger partial charge in [-0.05, 0) is 22.0 Å². The van der Waals surface area contributed by atoms with Crippen molar-refractivity contribution in [3.05, 3.63) is 27.7 Å². The van der Waals surface area contributed by atoms with Gasteiger partial charge in [0.15, 0.2) is 6.29 Å². The molecule has 1 heterocycles. The van der Waals surface area contributed by atoms with Gasteiger partial charge in [0.1, 0.15) is 5.69 Å². The lowest BCUT2D eigenvalue weighted by molar-refractivity contribution is 0.111. The molecule has 0 radical (unpaired) electrons. The Morgan fingerprint density at radius 1 is 1.54 bits per heavy atom. The Morgan fingerprint density at radius 3 is 2.62 bits per heavy atom.